The number of allylic oxidation sites excluding steroid dienone is 3. The molecule has 5 rings (SSSR count). The number of carbonyl (C=O) groups excluding carboxylic acids is 3. The lowest BCUT2D eigenvalue weighted by molar-refractivity contribution is -0.297. The van der Waals surface area contributed by atoms with Crippen molar-refractivity contribution in [1.29, 1.82) is 0 Å². The molecule has 36 heavy (non-hydrogen) atoms. The first-order valence-corrected chi connectivity index (χ1v) is 13.6. The van der Waals surface area contributed by atoms with E-state index in [0.717, 1.165) is 25.7 Å². The van der Waals surface area contributed by atoms with Gasteiger partial charge in [-0.05, 0) is 74.2 Å². The third-order valence-corrected chi connectivity index (χ3v) is 11.5. The van der Waals surface area contributed by atoms with Gasteiger partial charge in [-0.1, -0.05) is 52.3 Å². The van der Waals surface area contributed by atoms with Gasteiger partial charge in [-0.25, -0.2) is 4.89 Å². The number of carbonyl (C=O) groups is 3. The number of ether oxygens (including phenoxy) is 1. The SMILES string of the molecule is CC(C)(/C=C/C[C@H]1C(=O)O[C@H]2C[C@]3(C)C4=CC(=O)[C@@H]5C(C)(C)C(=O)CC[C@]5(C)[C@@H]4CC[C@@]3(C)[C@@H]21)OO. The fraction of sp³-hybridized carbons (Fsp3) is 0.767. The Morgan fingerprint density at radius 1 is 1.14 bits per heavy atom. The Balaban J connectivity index is 1.51. The maximum atomic E-state index is 13.8. The first-order valence-electron chi connectivity index (χ1n) is 13.6. The van der Waals surface area contributed by atoms with Crippen molar-refractivity contribution in [2.45, 2.75) is 98.7 Å². The van der Waals surface area contributed by atoms with E-state index in [2.05, 4.69) is 25.7 Å². The molecular weight excluding hydrogens is 456 g/mol. The molecule has 1 saturated heterocycles. The van der Waals surface area contributed by atoms with Gasteiger partial charge in [0.2, 0.25) is 0 Å². The lowest BCUT2D eigenvalue weighted by Gasteiger charge is -2.62. The van der Waals surface area contributed by atoms with Crippen LogP contribution in [0.15, 0.2) is 23.8 Å². The number of esters is 1. The zero-order valence-electron chi connectivity index (χ0n) is 22.8. The maximum absolute atomic E-state index is 13.8. The van der Waals surface area contributed by atoms with Crippen LogP contribution in [0.25, 0.3) is 0 Å². The lowest BCUT2D eigenvalue weighted by atomic mass is 9.41. The number of rotatable bonds is 4. The molecule has 0 amide bonds. The molecule has 4 fully saturated rings. The van der Waals surface area contributed by atoms with E-state index in [0.29, 0.717) is 12.8 Å². The highest BCUT2D eigenvalue weighted by molar-refractivity contribution is 6.01. The molecule has 4 aliphatic carbocycles. The summed E-state index contributed by atoms with van der Waals surface area (Å²) in [5.41, 5.74) is -0.857. The van der Waals surface area contributed by atoms with Crippen LogP contribution in [0.2, 0.25) is 0 Å². The average molecular weight is 499 g/mol. The Kier molecular flexibility index (Phi) is 5.64. The van der Waals surface area contributed by atoms with Crippen molar-refractivity contribution < 1.29 is 29.3 Å². The van der Waals surface area contributed by atoms with Crippen LogP contribution in [0.3, 0.4) is 0 Å². The van der Waals surface area contributed by atoms with Gasteiger partial charge in [-0.3, -0.25) is 19.6 Å². The number of hydrogen-bond acceptors (Lipinski definition) is 6. The number of fused-ring (bicyclic) bond motifs is 7. The first-order chi connectivity index (χ1) is 16.6. The molecule has 6 nitrogen and oxygen atoms in total. The van der Waals surface area contributed by atoms with Gasteiger partial charge in [-0.2, -0.15) is 0 Å². The third-order valence-electron chi connectivity index (χ3n) is 11.5. The van der Waals surface area contributed by atoms with Crippen LogP contribution in [-0.2, 0) is 24.0 Å². The van der Waals surface area contributed by atoms with Crippen molar-refractivity contribution in [2.24, 2.45) is 45.3 Å². The molecule has 0 spiro atoms. The van der Waals surface area contributed by atoms with Crippen LogP contribution in [0.1, 0.15) is 87.0 Å². The molecule has 6 heteroatoms. The predicted octanol–water partition coefficient (Wildman–Crippen LogP) is 5.71. The van der Waals surface area contributed by atoms with E-state index in [1.165, 1.54) is 5.57 Å². The third kappa shape index (κ3) is 3.25. The largest absolute Gasteiger partial charge is 0.462 e. The van der Waals surface area contributed by atoms with E-state index in [4.69, 9.17) is 9.99 Å². The molecule has 0 aromatic carbocycles. The highest BCUT2D eigenvalue weighted by Crippen LogP contribution is 2.74. The molecule has 5 aliphatic rings. The fourth-order valence-electron chi connectivity index (χ4n) is 9.46. The Morgan fingerprint density at radius 2 is 1.83 bits per heavy atom. The minimum Gasteiger partial charge on any atom is -0.462 e. The summed E-state index contributed by atoms with van der Waals surface area (Å²) in [6.07, 6.45) is 9.98. The minimum absolute atomic E-state index is 0.0738. The Morgan fingerprint density at radius 3 is 2.50 bits per heavy atom. The average Bonchev–Trinajstić information content (AvgIpc) is 3.20. The highest BCUT2D eigenvalue weighted by atomic mass is 17.1. The van der Waals surface area contributed by atoms with Gasteiger partial charge >= 0.3 is 5.97 Å². The molecule has 198 valence electrons. The van der Waals surface area contributed by atoms with Gasteiger partial charge in [-0.15, -0.1) is 0 Å². The van der Waals surface area contributed by atoms with Crippen LogP contribution in [0.5, 0.6) is 0 Å². The van der Waals surface area contributed by atoms with Crippen molar-refractivity contribution in [2.75, 3.05) is 0 Å². The van der Waals surface area contributed by atoms with Gasteiger partial charge in [0.1, 0.15) is 17.5 Å². The molecule has 1 heterocycles. The minimum atomic E-state index is -0.817. The van der Waals surface area contributed by atoms with Crippen LogP contribution >= 0.6 is 0 Å². The summed E-state index contributed by atoms with van der Waals surface area (Å²) in [6.45, 7) is 14.3. The maximum Gasteiger partial charge on any atom is 0.309 e. The second-order valence-electron chi connectivity index (χ2n) is 14.1. The molecule has 0 aromatic rings. The zero-order chi connectivity index (χ0) is 26.5. The van der Waals surface area contributed by atoms with E-state index in [1.54, 1.807) is 19.9 Å². The van der Waals surface area contributed by atoms with E-state index in [1.807, 2.05) is 26.0 Å². The predicted molar refractivity (Wildman–Crippen MR) is 135 cm³/mol. The van der Waals surface area contributed by atoms with E-state index >= 15 is 0 Å². The quantitative estimate of drug-likeness (QED) is 0.231. The summed E-state index contributed by atoms with van der Waals surface area (Å²) in [4.78, 5) is 44.1. The Bertz CT molecular complexity index is 1070. The molecule has 0 radical (unpaired) electrons. The Hall–Kier alpha value is -1.79. The van der Waals surface area contributed by atoms with Gasteiger partial charge in [0.05, 0.1) is 5.92 Å². The van der Waals surface area contributed by atoms with E-state index in [9.17, 15) is 14.4 Å². The molecule has 3 saturated carbocycles. The summed E-state index contributed by atoms with van der Waals surface area (Å²) in [5.74, 6) is -0.0240. The zero-order valence-corrected chi connectivity index (χ0v) is 22.8. The molecule has 0 aromatic heterocycles. The van der Waals surface area contributed by atoms with Crippen LogP contribution in [0.4, 0.5) is 0 Å². The number of Topliss-reactive ketones (excluding diaryl/α,β-unsaturated/α-hetero) is 1. The summed E-state index contributed by atoms with van der Waals surface area (Å²) >= 11 is 0. The number of hydrogen-bond donors (Lipinski definition) is 1. The normalized spacial score (nSPS) is 45.6. The molecule has 0 bridgehead atoms. The number of ketones is 2. The summed E-state index contributed by atoms with van der Waals surface area (Å²) < 4.78 is 6.00. The lowest BCUT2D eigenvalue weighted by Crippen LogP contribution is -2.59. The standard InChI is InChI=1S/C30H42O6/c1-26(2,36-34)12-8-9-17-23-21(35-25(17)33)16-30(7)19-15-20(31)24-27(3,4)22(32)11-13-28(24,5)18(19)10-14-29(23,30)6/h8,12,15,17-18,21,23-24,34H,9-11,13-14,16H2,1-7H3/b12-8+/t17-,18-,21+,23-,24-,28-,29+,30-/m1/s1. The first kappa shape index (κ1) is 25.8. The summed E-state index contributed by atoms with van der Waals surface area (Å²) in [5, 5.41) is 9.10. The van der Waals surface area contributed by atoms with Crippen molar-refractivity contribution in [3.05, 3.63) is 23.8 Å². The van der Waals surface area contributed by atoms with Crippen LogP contribution in [0, 0.1) is 45.3 Å². The summed E-state index contributed by atoms with van der Waals surface area (Å²) in [7, 11) is 0. The van der Waals surface area contributed by atoms with E-state index in [-0.39, 0.29) is 63.6 Å². The van der Waals surface area contributed by atoms with Crippen molar-refractivity contribution >= 4 is 17.5 Å². The molecular formula is C30H42O6. The van der Waals surface area contributed by atoms with Gasteiger partial charge < -0.3 is 4.74 Å². The van der Waals surface area contributed by atoms with Crippen molar-refractivity contribution in [1.82, 2.24) is 0 Å². The van der Waals surface area contributed by atoms with Crippen LogP contribution < -0.4 is 0 Å². The fourth-order valence-corrected chi connectivity index (χ4v) is 9.46. The van der Waals surface area contributed by atoms with E-state index < -0.39 is 11.0 Å². The van der Waals surface area contributed by atoms with Crippen molar-refractivity contribution in [3.63, 3.8) is 0 Å². The molecule has 1 N–H and O–H groups in total. The second kappa shape index (κ2) is 7.86. The molecule has 8 atom stereocenters. The smallest absolute Gasteiger partial charge is 0.309 e. The van der Waals surface area contributed by atoms with Crippen LogP contribution in [-0.4, -0.2) is 34.5 Å². The Labute approximate surface area is 214 Å². The van der Waals surface area contributed by atoms with Gasteiger partial charge in [0.15, 0.2) is 5.78 Å². The van der Waals surface area contributed by atoms with Crippen molar-refractivity contribution in [3.8, 4) is 0 Å². The topological polar surface area (TPSA) is 89.9 Å². The molecule has 1 aliphatic heterocycles. The second-order valence-corrected chi connectivity index (χ2v) is 14.1. The van der Waals surface area contributed by atoms with Gasteiger partial charge in [0.25, 0.3) is 0 Å². The summed E-state index contributed by atoms with van der Waals surface area (Å²) in [6, 6.07) is 0. The van der Waals surface area contributed by atoms with Gasteiger partial charge in [0, 0.05) is 23.7 Å². The monoisotopic (exact) mass is 498 g/mol. The molecule has 0 unspecified atom stereocenters. The highest BCUT2D eigenvalue weighted by Gasteiger charge is 2.71.